The second-order valence-corrected chi connectivity index (χ2v) is 20.2. The molecular weight excluding hydrogens is 629 g/mol. The molecule has 0 spiro atoms. The second-order valence-electron chi connectivity index (χ2n) is 20.2. The predicted molar refractivity (Wildman–Crippen MR) is 218 cm³/mol. The van der Waals surface area contributed by atoms with Gasteiger partial charge < -0.3 is 23.8 Å². The topological polar surface area (TPSA) is 52.9 Å². The van der Waals surface area contributed by atoms with E-state index >= 15 is 0 Å². The lowest BCUT2D eigenvalue weighted by molar-refractivity contribution is -0.105. The number of hydrogen-bond acceptors (Lipinski definition) is 4. The van der Waals surface area contributed by atoms with Crippen molar-refractivity contribution < 1.29 is 19.2 Å². The molecule has 1 aliphatic rings. The van der Waals surface area contributed by atoms with Crippen molar-refractivity contribution >= 4 is 34.8 Å². The van der Waals surface area contributed by atoms with Crippen molar-refractivity contribution in [1.29, 1.82) is 0 Å². The minimum atomic E-state index is -1.05. The summed E-state index contributed by atoms with van der Waals surface area (Å²) in [6.07, 6.45) is 3.59. The van der Waals surface area contributed by atoms with Crippen LogP contribution in [0.15, 0.2) is 48.5 Å². The van der Waals surface area contributed by atoms with Gasteiger partial charge in [-0.1, -0.05) is 94.4 Å². The Morgan fingerprint density at radius 1 is 0.725 bits per heavy atom. The van der Waals surface area contributed by atoms with Gasteiger partial charge in [0.2, 0.25) is 0 Å². The van der Waals surface area contributed by atoms with Crippen molar-refractivity contribution in [1.82, 2.24) is 4.57 Å². The minimum absolute atomic E-state index is 0.00549. The maximum atomic E-state index is 11.1. The Labute approximate surface area is 309 Å². The van der Waals surface area contributed by atoms with Gasteiger partial charge in [0.15, 0.2) is 6.29 Å². The molecule has 0 bridgehead atoms. The minimum Gasteiger partial charge on any atom is -0.463 e. The standard InChI is InChI=1S/C45H66BNO4/c1-40(2,3)28-43(10,11)31-26-34(46-51-45(14,15)44(12,13)48)39(50-38-18-16-17-23-49-38)37(27-31)47-35-21-19-29(41(4,5)6)24-32(35)33-25-30(42(7,8)9)20-22-36(33)47/h19-22,24-27,38,46,48H,16-18,23,28H2,1-15H3. The van der Waals surface area contributed by atoms with E-state index in [0.717, 1.165) is 53.6 Å². The molecule has 5 rings (SSSR count). The summed E-state index contributed by atoms with van der Waals surface area (Å²) in [4.78, 5) is 0. The van der Waals surface area contributed by atoms with Gasteiger partial charge in [-0.15, -0.1) is 0 Å². The van der Waals surface area contributed by atoms with Crippen molar-refractivity contribution in [2.45, 2.75) is 163 Å². The zero-order valence-corrected chi connectivity index (χ0v) is 34.6. The van der Waals surface area contributed by atoms with Crippen LogP contribution in [0.25, 0.3) is 27.5 Å². The van der Waals surface area contributed by atoms with E-state index in [9.17, 15) is 5.11 Å². The normalized spacial score (nSPS) is 17.0. The molecular formula is C45H66BNO4. The summed E-state index contributed by atoms with van der Waals surface area (Å²) in [5.41, 5.74) is 6.24. The van der Waals surface area contributed by atoms with E-state index in [4.69, 9.17) is 14.1 Å². The number of rotatable bonds is 9. The Balaban J connectivity index is 1.89. The third-order valence-corrected chi connectivity index (χ3v) is 11.1. The van der Waals surface area contributed by atoms with Crippen LogP contribution in [0.1, 0.15) is 146 Å². The molecule has 278 valence electrons. The van der Waals surface area contributed by atoms with Crippen LogP contribution in [0.5, 0.6) is 5.75 Å². The maximum absolute atomic E-state index is 11.1. The Kier molecular flexibility index (Phi) is 10.5. The smallest absolute Gasteiger partial charge is 0.313 e. The Hall–Kier alpha value is -2.80. The quantitative estimate of drug-likeness (QED) is 0.177. The van der Waals surface area contributed by atoms with Crippen LogP contribution in [-0.2, 0) is 25.6 Å². The average Bonchev–Trinajstić information content (AvgIpc) is 3.31. The third-order valence-electron chi connectivity index (χ3n) is 11.1. The molecule has 4 aromatic rings. The summed E-state index contributed by atoms with van der Waals surface area (Å²) < 4.78 is 22.3. The fourth-order valence-corrected chi connectivity index (χ4v) is 7.49. The molecule has 1 saturated heterocycles. The number of nitrogens with zero attached hydrogens (tertiary/aromatic N) is 1. The lowest BCUT2D eigenvalue weighted by atomic mass is 9.70. The van der Waals surface area contributed by atoms with Crippen LogP contribution in [0, 0.1) is 5.41 Å². The van der Waals surface area contributed by atoms with Crippen LogP contribution < -0.4 is 10.2 Å². The number of ether oxygens (including phenoxy) is 2. The van der Waals surface area contributed by atoms with E-state index in [1.54, 1.807) is 0 Å². The third kappa shape index (κ3) is 8.55. The highest BCUT2D eigenvalue weighted by Crippen LogP contribution is 2.43. The Morgan fingerprint density at radius 2 is 1.27 bits per heavy atom. The molecule has 1 fully saturated rings. The first-order chi connectivity index (χ1) is 23.3. The molecule has 1 N–H and O–H groups in total. The van der Waals surface area contributed by atoms with Crippen LogP contribution in [0.4, 0.5) is 0 Å². The molecule has 1 atom stereocenters. The average molecular weight is 696 g/mol. The fraction of sp³-hybridized carbons (Fsp3) is 0.600. The molecule has 0 radical (unpaired) electrons. The van der Waals surface area contributed by atoms with Crippen molar-refractivity contribution in [3.05, 3.63) is 65.2 Å². The van der Waals surface area contributed by atoms with E-state index in [1.807, 2.05) is 27.7 Å². The number of fused-ring (bicyclic) bond motifs is 3. The molecule has 0 amide bonds. The Bertz CT molecular complexity index is 1790. The lowest BCUT2D eigenvalue weighted by Gasteiger charge is -2.38. The fourth-order valence-electron chi connectivity index (χ4n) is 7.49. The molecule has 3 aromatic carbocycles. The number of hydrogen-bond donors (Lipinski definition) is 1. The highest BCUT2D eigenvalue weighted by molar-refractivity contribution is 6.49. The molecule has 1 aromatic heterocycles. The van der Waals surface area contributed by atoms with E-state index < -0.39 is 11.2 Å². The van der Waals surface area contributed by atoms with Gasteiger partial charge in [-0.3, -0.25) is 0 Å². The molecule has 0 aliphatic carbocycles. The van der Waals surface area contributed by atoms with Gasteiger partial charge in [0, 0.05) is 17.2 Å². The van der Waals surface area contributed by atoms with Gasteiger partial charge in [0.05, 0.1) is 34.5 Å². The Morgan fingerprint density at radius 3 is 1.73 bits per heavy atom. The van der Waals surface area contributed by atoms with Gasteiger partial charge in [0.1, 0.15) is 5.75 Å². The summed E-state index contributed by atoms with van der Waals surface area (Å²) in [6, 6.07) is 18.6. The van der Waals surface area contributed by atoms with E-state index in [2.05, 4.69) is 129 Å². The van der Waals surface area contributed by atoms with Crippen LogP contribution in [-0.4, -0.2) is 41.3 Å². The lowest BCUT2D eigenvalue weighted by Crippen LogP contribution is -2.49. The summed E-state index contributed by atoms with van der Waals surface area (Å²) in [5.74, 6) is 0.780. The molecule has 0 saturated carbocycles. The van der Waals surface area contributed by atoms with Crippen LogP contribution in [0.2, 0.25) is 0 Å². The zero-order chi connectivity index (χ0) is 37.9. The first-order valence-electron chi connectivity index (χ1n) is 19.2. The molecule has 6 heteroatoms. The first kappa shape index (κ1) is 39.4. The summed E-state index contributed by atoms with van der Waals surface area (Å²) >= 11 is 0. The van der Waals surface area contributed by atoms with Gasteiger partial charge in [0.25, 0.3) is 0 Å². The van der Waals surface area contributed by atoms with Crippen molar-refractivity contribution in [3.63, 3.8) is 0 Å². The number of aliphatic hydroxyl groups is 1. The number of benzene rings is 3. The van der Waals surface area contributed by atoms with Crippen molar-refractivity contribution in [2.24, 2.45) is 5.41 Å². The van der Waals surface area contributed by atoms with Gasteiger partial charge in [-0.2, -0.15) is 0 Å². The predicted octanol–water partition coefficient (Wildman–Crippen LogP) is 10.5. The highest BCUT2D eigenvalue weighted by Gasteiger charge is 2.37. The van der Waals surface area contributed by atoms with Gasteiger partial charge >= 0.3 is 7.48 Å². The number of aromatic nitrogens is 1. The molecule has 1 aliphatic heterocycles. The van der Waals surface area contributed by atoms with E-state index in [0.29, 0.717) is 6.61 Å². The highest BCUT2D eigenvalue weighted by atomic mass is 16.7. The SMILES string of the molecule is CC(C)(C)CC(C)(C)c1cc(BOC(C)(C)C(C)(C)O)c(OC2CCCCO2)c(-n2c3ccc(C(C)(C)C)cc3c3cc(C(C)(C)C)ccc32)c1. The maximum Gasteiger partial charge on any atom is 0.313 e. The zero-order valence-electron chi connectivity index (χ0n) is 34.6. The van der Waals surface area contributed by atoms with Crippen molar-refractivity contribution in [3.8, 4) is 11.4 Å². The summed E-state index contributed by atoms with van der Waals surface area (Å²) in [6.45, 7) is 33.6. The first-order valence-corrected chi connectivity index (χ1v) is 19.2. The monoisotopic (exact) mass is 696 g/mol. The second kappa shape index (κ2) is 13.6. The summed E-state index contributed by atoms with van der Waals surface area (Å²) in [5, 5.41) is 13.6. The molecule has 51 heavy (non-hydrogen) atoms. The van der Waals surface area contributed by atoms with E-state index in [-0.39, 0.29) is 35.4 Å². The van der Waals surface area contributed by atoms with Crippen LogP contribution >= 0.6 is 0 Å². The molecule has 5 nitrogen and oxygen atoms in total. The summed E-state index contributed by atoms with van der Waals surface area (Å²) in [7, 11) is 0.283. The largest absolute Gasteiger partial charge is 0.463 e. The van der Waals surface area contributed by atoms with Crippen LogP contribution in [0.3, 0.4) is 0 Å². The van der Waals surface area contributed by atoms with Gasteiger partial charge in [-0.25, -0.2) is 0 Å². The van der Waals surface area contributed by atoms with Crippen molar-refractivity contribution in [2.75, 3.05) is 6.61 Å². The van der Waals surface area contributed by atoms with Gasteiger partial charge in [-0.05, 0) is 121 Å². The van der Waals surface area contributed by atoms with E-state index in [1.165, 1.54) is 27.5 Å². The molecule has 2 heterocycles. The molecule has 1 unspecified atom stereocenters.